The van der Waals surface area contributed by atoms with Crippen LogP contribution < -0.4 is 5.32 Å². The predicted molar refractivity (Wildman–Crippen MR) is 56.1 cm³/mol. The first-order valence-electron chi connectivity index (χ1n) is 4.92. The van der Waals surface area contributed by atoms with E-state index < -0.39 is 0 Å². The van der Waals surface area contributed by atoms with Crippen LogP contribution in [0, 0.1) is 5.92 Å². The number of rotatable bonds is 5. The minimum Gasteiger partial charge on any atom is -0.472 e. The van der Waals surface area contributed by atoms with Gasteiger partial charge in [0.1, 0.15) is 0 Å². The first kappa shape index (κ1) is 11.3. The van der Waals surface area contributed by atoms with Gasteiger partial charge in [-0.2, -0.15) is 0 Å². The van der Waals surface area contributed by atoms with E-state index in [1.807, 2.05) is 13.1 Å². The van der Waals surface area contributed by atoms with Crippen molar-refractivity contribution in [2.24, 2.45) is 5.92 Å². The average Bonchev–Trinajstić information content (AvgIpc) is 2.65. The Kier molecular flexibility index (Phi) is 4.17. The van der Waals surface area contributed by atoms with Gasteiger partial charge in [-0.3, -0.25) is 0 Å². The Morgan fingerprint density at radius 3 is 2.50 bits per heavy atom. The highest BCUT2D eigenvalue weighted by atomic mass is 16.5. The molecule has 3 nitrogen and oxygen atoms in total. The molecule has 0 saturated heterocycles. The number of hydrogen-bond acceptors (Lipinski definition) is 3. The number of ether oxygens (including phenoxy) is 1. The monoisotopic (exact) mass is 197 g/mol. The summed E-state index contributed by atoms with van der Waals surface area (Å²) in [5.41, 5.74) is 1.13. The molecule has 1 aromatic rings. The SMILES string of the molecule is CNC(c1ccoc1)C(OC)C(C)C. The minimum absolute atomic E-state index is 0.164. The van der Waals surface area contributed by atoms with Crippen molar-refractivity contribution in [3.8, 4) is 0 Å². The smallest absolute Gasteiger partial charge is 0.0951 e. The molecule has 0 bridgehead atoms. The molecule has 80 valence electrons. The summed E-state index contributed by atoms with van der Waals surface area (Å²) in [6.07, 6.45) is 3.61. The van der Waals surface area contributed by atoms with Gasteiger partial charge in [-0.15, -0.1) is 0 Å². The lowest BCUT2D eigenvalue weighted by molar-refractivity contribution is 0.0347. The first-order chi connectivity index (χ1) is 6.70. The van der Waals surface area contributed by atoms with E-state index in [4.69, 9.17) is 9.15 Å². The number of hydrogen-bond donors (Lipinski definition) is 1. The highest BCUT2D eigenvalue weighted by Gasteiger charge is 2.24. The average molecular weight is 197 g/mol. The summed E-state index contributed by atoms with van der Waals surface area (Å²) in [5, 5.41) is 3.25. The standard InChI is InChI=1S/C11H19NO2/c1-8(2)11(13-4)10(12-3)9-5-6-14-7-9/h5-8,10-12H,1-4H3. The van der Waals surface area contributed by atoms with Gasteiger partial charge in [-0.25, -0.2) is 0 Å². The van der Waals surface area contributed by atoms with E-state index in [2.05, 4.69) is 19.2 Å². The van der Waals surface area contributed by atoms with E-state index in [0.717, 1.165) is 5.56 Å². The van der Waals surface area contributed by atoms with Gasteiger partial charge in [0.2, 0.25) is 0 Å². The molecule has 3 heteroatoms. The summed E-state index contributed by atoms with van der Waals surface area (Å²) >= 11 is 0. The largest absolute Gasteiger partial charge is 0.472 e. The van der Waals surface area contributed by atoms with Crippen LogP contribution in [-0.4, -0.2) is 20.3 Å². The summed E-state index contributed by atoms with van der Waals surface area (Å²) in [5.74, 6) is 0.465. The Bertz CT molecular complexity index is 244. The van der Waals surface area contributed by atoms with Crippen LogP contribution in [-0.2, 0) is 4.74 Å². The molecule has 0 amide bonds. The lowest BCUT2D eigenvalue weighted by Crippen LogP contribution is -2.34. The van der Waals surface area contributed by atoms with Gasteiger partial charge in [-0.1, -0.05) is 13.8 Å². The molecule has 1 rings (SSSR count). The van der Waals surface area contributed by atoms with Crippen LogP contribution in [0.15, 0.2) is 23.0 Å². The molecular weight excluding hydrogens is 178 g/mol. The Balaban J connectivity index is 2.79. The minimum atomic E-state index is 0.164. The zero-order valence-corrected chi connectivity index (χ0v) is 9.28. The van der Waals surface area contributed by atoms with Crippen LogP contribution in [0.5, 0.6) is 0 Å². The molecule has 1 heterocycles. The van der Waals surface area contributed by atoms with Crippen molar-refractivity contribution in [3.63, 3.8) is 0 Å². The Morgan fingerprint density at radius 2 is 2.14 bits per heavy atom. The topological polar surface area (TPSA) is 34.4 Å². The lowest BCUT2D eigenvalue weighted by Gasteiger charge is -2.27. The molecular formula is C11H19NO2. The van der Waals surface area contributed by atoms with Crippen LogP contribution in [0.25, 0.3) is 0 Å². The summed E-state index contributed by atoms with van der Waals surface area (Å²) in [6, 6.07) is 2.16. The number of furan rings is 1. The quantitative estimate of drug-likeness (QED) is 0.786. The zero-order valence-electron chi connectivity index (χ0n) is 9.28. The highest BCUT2D eigenvalue weighted by Crippen LogP contribution is 2.24. The maximum Gasteiger partial charge on any atom is 0.0951 e. The second-order valence-corrected chi connectivity index (χ2v) is 3.77. The van der Waals surface area contributed by atoms with Crippen molar-refractivity contribution in [2.75, 3.05) is 14.2 Å². The summed E-state index contributed by atoms with van der Waals surface area (Å²) in [4.78, 5) is 0. The third-order valence-electron chi connectivity index (χ3n) is 2.47. The predicted octanol–water partition coefficient (Wildman–Crippen LogP) is 2.21. The number of nitrogens with one attached hydrogen (secondary N) is 1. The molecule has 0 saturated carbocycles. The van der Waals surface area contributed by atoms with Gasteiger partial charge >= 0.3 is 0 Å². The van der Waals surface area contributed by atoms with Crippen LogP contribution in [0.1, 0.15) is 25.5 Å². The molecule has 0 aromatic carbocycles. The number of methoxy groups -OCH3 is 1. The molecule has 0 radical (unpaired) electrons. The van der Waals surface area contributed by atoms with Crippen LogP contribution in [0.3, 0.4) is 0 Å². The molecule has 0 fully saturated rings. The van der Waals surface area contributed by atoms with Crippen molar-refractivity contribution >= 4 is 0 Å². The number of likely N-dealkylation sites (N-methyl/N-ethyl adjacent to an activating group) is 1. The van der Waals surface area contributed by atoms with Crippen LogP contribution in [0.4, 0.5) is 0 Å². The summed E-state index contributed by atoms with van der Waals surface area (Å²) in [6.45, 7) is 4.30. The van der Waals surface area contributed by atoms with Gasteiger partial charge < -0.3 is 14.5 Å². The third kappa shape index (κ3) is 2.36. The summed E-state index contributed by atoms with van der Waals surface area (Å²) < 4.78 is 10.6. The first-order valence-corrected chi connectivity index (χ1v) is 4.92. The lowest BCUT2D eigenvalue weighted by atomic mass is 9.95. The Morgan fingerprint density at radius 1 is 1.43 bits per heavy atom. The molecule has 14 heavy (non-hydrogen) atoms. The molecule has 0 aliphatic heterocycles. The van der Waals surface area contributed by atoms with Crippen molar-refractivity contribution < 1.29 is 9.15 Å². The molecule has 1 aromatic heterocycles. The van der Waals surface area contributed by atoms with Crippen molar-refractivity contribution in [2.45, 2.75) is 26.0 Å². The molecule has 0 aliphatic rings. The van der Waals surface area contributed by atoms with E-state index >= 15 is 0 Å². The Labute approximate surface area is 85.4 Å². The Hall–Kier alpha value is -0.800. The van der Waals surface area contributed by atoms with Gasteiger partial charge in [0.05, 0.1) is 24.7 Å². The molecule has 0 aliphatic carbocycles. The maximum absolute atomic E-state index is 5.48. The van der Waals surface area contributed by atoms with Gasteiger partial charge in [0.25, 0.3) is 0 Å². The highest BCUT2D eigenvalue weighted by molar-refractivity contribution is 5.13. The summed E-state index contributed by atoms with van der Waals surface area (Å²) in [7, 11) is 3.68. The fraction of sp³-hybridized carbons (Fsp3) is 0.636. The second-order valence-electron chi connectivity index (χ2n) is 3.77. The van der Waals surface area contributed by atoms with Gasteiger partial charge in [-0.05, 0) is 19.0 Å². The van der Waals surface area contributed by atoms with Crippen molar-refractivity contribution in [1.29, 1.82) is 0 Å². The normalized spacial score (nSPS) is 15.8. The molecule has 0 spiro atoms. The van der Waals surface area contributed by atoms with E-state index in [1.165, 1.54) is 0 Å². The maximum atomic E-state index is 5.48. The fourth-order valence-corrected chi connectivity index (χ4v) is 1.77. The van der Waals surface area contributed by atoms with Crippen LogP contribution >= 0.6 is 0 Å². The van der Waals surface area contributed by atoms with E-state index in [0.29, 0.717) is 5.92 Å². The van der Waals surface area contributed by atoms with Gasteiger partial charge in [0, 0.05) is 12.7 Å². The third-order valence-corrected chi connectivity index (χ3v) is 2.47. The van der Waals surface area contributed by atoms with E-state index in [9.17, 15) is 0 Å². The second kappa shape index (κ2) is 5.17. The molecule has 2 unspecified atom stereocenters. The van der Waals surface area contributed by atoms with E-state index in [-0.39, 0.29) is 12.1 Å². The fourth-order valence-electron chi connectivity index (χ4n) is 1.77. The van der Waals surface area contributed by atoms with Gasteiger partial charge in [0.15, 0.2) is 0 Å². The van der Waals surface area contributed by atoms with Crippen LogP contribution in [0.2, 0.25) is 0 Å². The van der Waals surface area contributed by atoms with E-state index in [1.54, 1.807) is 19.6 Å². The van der Waals surface area contributed by atoms with Crippen molar-refractivity contribution in [1.82, 2.24) is 5.32 Å². The van der Waals surface area contributed by atoms with Crippen molar-refractivity contribution in [3.05, 3.63) is 24.2 Å². The zero-order chi connectivity index (χ0) is 10.6. The molecule has 1 N–H and O–H groups in total. The molecule has 2 atom stereocenters.